The molecule has 0 aliphatic carbocycles. The van der Waals surface area contributed by atoms with Crippen molar-refractivity contribution in [2.45, 2.75) is 31.7 Å². The highest BCUT2D eigenvalue weighted by Crippen LogP contribution is 2.38. The van der Waals surface area contributed by atoms with E-state index in [1.165, 1.54) is 16.2 Å². The van der Waals surface area contributed by atoms with Crippen molar-refractivity contribution in [3.63, 3.8) is 0 Å². The van der Waals surface area contributed by atoms with Crippen LogP contribution in [0.15, 0.2) is 23.8 Å². The second-order valence-corrected chi connectivity index (χ2v) is 9.91. The molecule has 6 nitrogen and oxygen atoms in total. The molecule has 0 saturated carbocycles. The van der Waals surface area contributed by atoms with E-state index in [1.807, 2.05) is 17.8 Å². The van der Waals surface area contributed by atoms with Crippen molar-refractivity contribution in [1.29, 1.82) is 0 Å². The number of fused-ring (bicyclic) bond motifs is 1. The first-order chi connectivity index (χ1) is 13.4. The van der Waals surface area contributed by atoms with E-state index >= 15 is 0 Å². The van der Waals surface area contributed by atoms with Crippen LogP contribution in [0.5, 0.6) is 0 Å². The molecule has 2 N–H and O–H groups in total. The number of thiophene rings is 1. The topological polar surface area (TPSA) is 75.4 Å². The Morgan fingerprint density at radius 2 is 2.21 bits per heavy atom. The summed E-state index contributed by atoms with van der Waals surface area (Å²) < 4.78 is 0. The average molecular weight is 416 g/mol. The van der Waals surface area contributed by atoms with Crippen LogP contribution in [0, 0.1) is 0 Å². The Morgan fingerprint density at radius 3 is 2.93 bits per heavy atom. The number of aromatic nitrogens is 2. The zero-order valence-electron chi connectivity index (χ0n) is 16.4. The van der Waals surface area contributed by atoms with Crippen LogP contribution < -0.4 is 5.73 Å². The second kappa shape index (κ2) is 7.42. The van der Waals surface area contributed by atoms with Crippen LogP contribution in [0.4, 0.5) is 5.69 Å². The van der Waals surface area contributed by atoms with E-state index in [0.29, 0.717) is 10.6 Å². The van der Waals surface area contributed by atoms with Gasteiger partial charge in [-0.2, -0.15) is 0 Å². The maximum atomic E-state index is 12.4. The maximum absolute atomic E-state index is 12.4. The largest absolute Gasteiger partial charge is 0.397 e. The van der Waals surface area contributed by atoms with E-state index < -0.39 is 0 Å². The summed E-state index contributed by atoms with van der Waals surface area (Å²) in [5, 5.41) is 0.875. The Hall–Kier alpha value is -2.03. The van der Waals surface area contributed by atoms with E-state index in [0.717, 1.165) is 48.4 Å². The van der Waals surface area contributed by atoms with Crippen molar-refractivity contribution in [3.05, 3.63) is 39.3 Å². The van der Waals surface area contributed by atoms with Crippen molar-refractivity contribution >= 4 is 44.5 Å². The molecule has 0 bridgehead atoms. The maximum Gasteiger partial charge on any atom is 0.265 e. The summed E-state index contributed by atoms with van der Waals surface area (Å²) in [5.41, 5.74) is 9.75. The molecule has 4 heterocycles. The number of hydrogen-bond acceptors (Lipinski definition) is 7. The van der Waals surface area contributed by atoms with Gasteiger partial charge in [0.05, 0.1) is 11.2 Å². The predicted octanol–water partition coefficient (Wildman–Crippen LogP) is 3.59. The number of nitrogens with zero attached hydrogens (tertiary/aromatic N) is 4. The van der Waals surface area contributed by atoms with Gasteiger partial charge in [0, 0.05) is 54.8 Å². The van der Waals surface area contributed by atoms with E-state index in [-0.39, 0.29) is 11.3 Å². The Bertz CT molecular complexity index is 998. The number of piperidine rings is 1. The molecule has 1 fully saturated rings. The normalized spacial score (nSPS) is 20.5. The number of thiazole rings is 1. The number of carbonyl (C=O) groups is 1. The number of hydrogen-bond donors (Lipinski definition) is 1. The third-order valence-corrected chi connectivity index (χ3v) is 7.32. The lowest BCUT2D eigenvalue weighted by Crippen LogP contribution is -2.44. The summed E-state index contributed by atoms with van der Waals surface area (Å²) in [6, 6.07) is 4.12. The van der Waals surface area contributed by atoms with Gasteiger partial charge in [-0.15, -0.1) is 22.7 Å². The Balaban J connectivity index is 1.63. The van der Waals surface area contributed by atoms with Crippen LogP contribution >= 0.6 is 22.7 Å². The van der Waals surface area contributed by atoms with Gasteiger partial charge in [-0.1, -0.05) is 6.92 Å². The number of carbonyl (C=O) groups excluding carboxylic acids is 1. The molecular weight excluding hydrogens is 390 g/mol. The number of likely N-dealkylation sites (tertiary alicyclic amines) is 1. The lowest BCUT2D eigenvalue weighted by molar-refractivity contribution is 0.0833. The minimum Gasteiger partial charge on any atom is -0.397 e. The van der Waals surface area contributed by atoms with Crippen LogP contribution in [0.3, 0.4) is 0 Å². The second-order valence-electron chi connectivity index (χ2n) is 7.94. The standard InChI is InChI=1S/C20H25N5OS2/c1-20(7-4-8-25(11-20)10-13-9-22-12-27-13)15-6-5-14-16(21)17(19(26)24(2)3)28-18(14)23-15/h5-6,9,12H,4,7-8,10-11,21H2,1-3H3/t20-/m1/s1. The fourth-order valence-corrected chi connectivity index (χ4v) is 5.68. The highest BCUT2D eigenvalue weighted by molar-refractivity contribution is 7.21. The van der Waals surface area contributed by atoms with Crippen LogP contribution in [0.2, 0.25) is 0 Å². The van der Waals surface area contributed by atoms with Gasteiger partial charge in [0.25, 0.3) is 5.91 Å². The fraction of sp³-hybridized carbons (Fsp3) is 0.450. The molecule has 4 rings (SSSR count). The molecule has 3 aromatic rings. The summed E-state index contributed by atoms with van der Waals surface area (Å²) in [7, 11) is 3.48. The first kappa shape index (κ1) is 19.3. The van der Waals surface area contributed by atoms with E-state index in [9.17, 15) is 4.79 Å². The van der Waals surface area contributed by atoms with Crippen LogP contribution in [-0.2, 0) is 12.0 Å². The smallest absolute Gasteiger partial charge is 0.265 e. The molecule has 1 saturated heterocycles. The van der Waals surface area contributed by atoms with Gasteiger partial charge < -0.3 is 10.6 Å². The Morgan fingerprint density at radius 1 is 1.39 bits per heavy atom. The summed E-state index contributed by atoms with van der Waals surface area (Å²) in [5.74, 6) is -0.0679. The third kappa shape index (κ3) is 3.52. The molecular formula is C20H25N5OS2. The minimum atomic E-state index is -0.0679. The Labute approximate surface area is 173 Å². The van der Waals surface area contributed by atoms with Crippen LogP contribution in [0.1, 0.15) is 40.0 Å². The van der Waals surface area contributed by atoms with Crippen molar-refractivity contribution in [1.82, 2.24) is 19.8 Å². The van der Waals surface area contributed by atoms with Crippen LogP contribution in [0.25, 0.3) is 10.2 Å². The molecule has 1 aliphatic heterocycles. The molecule has 1 aliphatic rings. The summed E-state index contributed by atoms with van der Waals surface area (Å²) >= 11 is 3.10. The van der Waals surface area contributed by atoms with Gasteiger partial charge in [0.1, 0.15) is 9.71 Å². The number of amides is 1. The lowest BCUT2D eigenvalue weighted by Gasteiger charge is -2.40. The zero-order valence-corrected chi connectivity index (χ0v) is 18.1. The molecule has 0 aromatic carbocycles. The van der Waals surface area contributed by atoms with Crippen LogP contribution in [-0.4, -0.2) is 52.9 Å². The fourth-order valence-electron chi connectivity index (χ4n) is 3.92. The van der Waals surface area contributed by atoms with Gasteiger partial charge in [0.15, 0.2) is 0 Å². The third-order valence-electron chi connectivity index (χ3n) is 5.45. The monoisotopic (exact) mass is 415 g/mol. The molecule has 0 spiro atoms. The molecule has 0 unspecified atom stereocenters. The van der Waals surface area contributed by atoms with Crippen molar-refractivity contribution in [3.8, 4) is 0 Å². The zero-order chi connectivity index (χ0) is 19.9. The Kier molecular flexibility index (Phi) is 5.11. The first-order valence-electron chi connectivity index (χ1n) is 9.38. The molecule has 0 radical (unpaired) electrons. The van der Waals surface area contributed by atoms with Gasteiger partial charge in [-0.25, -0.2) is 4.98 Å². The van der Waals surface area contributed by atoms with E-state index in [4.69, 9.17) is 10.7 Å². The molecule has 1 atom stereocenters. The lowest BCUT2D eigenvalue weighted by atomic mass is 9.78. The number of nitrogen functional groups attached to an aromatic ring is 1. The van der Waals surface area contributed by atoms with Crippen molar-refractivity contribution in [2.75, 3.05) is 32.9 Å². The molecule has 8 heteroatoms. The number of anilines is 1. The van der Waals surface area contributed by atoms with Crippen molar-refractivity contribution < 1.29 is 4.79 Å². The van der Waals surface area contributed by atoms with Gasteiger partial charge in [-0.3, -0.25) is 14.7 Å². The van der Waals surface area contributed by atoms with Gasteiger partial charge in [0.2, 0.25) is 0 Å². The summed E-state index contributed by atoms with van der Waals surface area (Å²) in [4.78, 5) is 28.3. The molecule has 148 valence electrons. The SMILES string of the molecule is CN(C)C(=O)c1sc2nc([C@]3(C)CCCN(Cc4cncs4)C3)ccc2c1N. The highest BCUT2D eigenvalue weighted by atomic mass is 32.1. The first-order valence-corrected chi connectivity index (χ1v) is 11.1. The van der Waals surface area contributed by atoms with Crippen molar-refractivity contribution in [2.24, 2.45) is 0 Å². The predicted molar refractivity (Wildman–Crippen MR) is 116 cm³/mol. The molecule has 1 amide bonds. The summed E-state index contributed by atoms with van der Waals surface area (Å²) in [6.45, 7) is 5.30. The molecule has 3 aromatic heterocycles. The number of rotatable bonds is 4. The van der Waals surface area contributed by atoms with E-state index in [2.05, 4.69) is 22.9 Å². The van der Waals surface area contributed by atoms with Gasteiger partial charge in [-0.05, 0) is 31.5 Å². The summed E-state index contributed by atoms with van der Waals surface area (Å²) in [6.07, 6.45) is 4.21. The number of pyridine rings is 1. The van der Waals surface area contributed by atoms with E-state index in [1.54, 1.807) is 30.3 Å². The number of nitrogens with two attached hydrogens (primary N) is 1. The minimum absolute atomic E-state index is 0.0123. The van der Waals surface area contributed by atoms with Gasteiger partial charge >= 0.3 is 0 Å². The quantitative estimate of drug-likeness (QED) is 0.705. The average Bonchev–Trinajstić information content (AvgIpc) is 3.29. The molecule has 28 heavy (non-hydrogen) atoms. The highest BCUT2D eigenvalue weighted by Gasteiger charge is 2.34.